The zero-order valence-electron chi connectivity index (χ0n) is 20.4. The number of sulfonamides is 1. The second-order valence-corrected chi connectivity index (χ2v) is 10.9. The van der Waals surface area contributed by atoms with E-state index in [1.165, 1.54) is 4.31 Å². The highest BCUT2D eigenvalue weighted by molar-refractivity contribution is 7.89. The van der Waals surface area contributed by atoms with E-state index in [0.29, 0.717) is 57.3 Å². The Morgan fingerprint density at radius 3 is 2.30 bits per heavy atom. The van der Waals surface area contributed by atoms with Gasteiger partial charge in [0.1, 0.15) is 5.75 Å². The highest BCUT2D eigenvalue weighted by Crippen LogP contribution is 2.22. The molecule has 3 rings (SSSR count). The lowest BCUT2D eigenvalue weighted by Crippen LogP contribution is -2.50. The number of aromatic nitrogens is 2. The fourth-order valence-corrected chi connectivity index (χ4v) is 5.63. The van der Waals surface area contributed by atoms with E-state index in [-0.39, 0.29) is 10.8 Å². The predicted molar refractivity (Wildman–Crippen MR) is 128 cm³/mol. The summed E-state index contributed by atoms with van der Waals surface area (Å²) in [7, 11) is -3.59. The molecule has 9 heteroatoms. The van der Waals surface area contributed by atoms with E-state index in [4.69, 9.17) is 4.74 Å². The highest BCUT2D eigenvalue weighted by atomic mass is 32.2. The normalized spacial score (nSPS) is 15.3. The van der Waals surface area contributed by atoms with Crippen LogP contribution in [0.4, 0.5) is 0 Å². The second-order valence-electron chi connectivity index (χ2n) is 8.91. The Labute approximate surface area is 197 Å². The average Bonchev–Trinajstić information content (AvgIpc) is 3.04. The molecule has 0 N–H and O–H groups in total. The number of nitrogens with zero attached hydrogens (tertiary/aromatic N) is 4. The number of hydrogen-bond acceptors (Lipinski definition) is 5. The van der Waals surface area contributed by atoms with Gasteiger partial charge < -0.3 is 9.64 Å². The number of ether oxygens (including phenoxy) is 1. The Morgan fingerprint density at radius 2 is 1.73 bits per heavy atom. The van der Waals surface area contributed by atoms with Crippen molar-refractivity contribution in [2.75, 3.05) is 32.8 Å². The number of hydrogen-bond donors (Lipinski definition) is 0. The van der Waals surface area contributed by atoms with Crippen LogP contribution in [0.1, 0.15) is 44.1 Å². The number of rotatable bonds is 9. The van der Waals surface area contributed by atoms with E-state index in [9.17, 15) is 13.2 Å². The fourth-order valence-electron chi connectivity index (χ4n) is 4.21. The van der Waals surface area contributed by atoms with Gasteiger partial charge in [-0.2, -0.15) is 9.40 Å². The Morgan fingerprint density at radius 1 is 1.09 bits per heavy atom. The maximum absolute atomic E-state index is 13.0. The molecule has 1 aliphatic heterocycles. The summed E-state index contributed by atoms with van der Waals surface area (Å²) in [6.45, 7) is 13.1. The summed E-state index contributed by atoms with van der Waals surface area (Å²) in [6, 6.07) is 6.48. The average molecular weight is 477 g/mol. The SMILES string of the molecule is CCOc1ccc(S(=O)(=O)N2CCN(C(=O)CCc3c(C)nn(CC(C)C)c3C)CC2)cc1. The molecule has 1 fully saturated rings. The van der Waals surface area contributed by atoms with Gasteiger partial charge in [-0.05, 0) is 62.9 Å². The molecule has 0 unspecified atom stereocenters. The van der Waals surface area contributed by atoms with Gasteiger partial charge in [0.25, 0.3) is 0 Å². The Hall–Kier alpha value is -2.39. The van der Waals surface area contributed by atoms with E-state index in [1.807, 2.05) is 18.5 Å². The molecule has 0 spiro atoms. The standard InChI is InChI=1S/C24H36N4O4S/c1-6-32-21-7-9-22(10-8-21)33(30,31)27-15-13-26(14-16-27)24(29)12-11-23-19(4)25-28(20(23)5)17-18(2)3/h7-10,18H,6,11-17H2,1-5H3. The number of aryl methyl sites for hydroxylation is 1. The number of carbonyl (C=O) groups is 1. The third kappa shape index (κ3) is 5.95. The molecule has 1 aliphatic rings. The van der Waals surface area contributed by atoms with E-state index in [1.54, 1.807) is 29.2 Å². The predicted octanol–water partition coefficient (Wildman–Crippen LogP) is 3.02. The first-order valence-corrected chi connectivity index (χ1v) is 13.1. The minimum absolute atomic E-state index is 0.0588. The third-order valence-corrected chi connectivity index (χ3v) is 7.94. The maximum atomic E-state index is 13.0. The first-order valence-electron chi connectivity index (χ1n) is 11.7. The summed E-state index contributed by atoms with van der Waals surface area (Å²) in [5, 5.41) is 4.63. The number of amides is 1. The number of benzene rings is 1. The molecule has 8 nitrogen and oxygen atoms in total. The molecule has 182 valence electrons. The lowest BCUT2D eigenvalue weighted by atomic mass is 10.1. The van der Waals surface area contributed by atoms with Gasteiger partial charge in [0.05, 0.1) is 17.2 Å². The smallest absolute Gasteiger partial charge is 0.243 e. The molecule has 1 saturated heterocycles. The molecule has 0 radical (unpaired) electrons. The van der Waals surface area contributed by atoms with Crippen LogP contribution in [0.15, 0.2) is 29.2 Å². The van der Waals surface area contributed by atoms with Gasteiger partial charge in [-0.25, -0.2) is 8.42 Å². The van der Waals surface area contributed by atoms with E-state index in [0.717, 1.165) is 23.5 Å². The molecule has 2 aromatic rings. The van der Waals surface area contributed by atoms with Gasteiger partial charge >= 0.3 is 0 Å². The molecule has 33 heavy (non-hydrogen) atoms. The van der Waals surface area contributed by atoms with Crippen LogP contribution in [0.25, 0.3) is 0 Å². The molecular formula is C24H36N4O4S. The molecular weight excluding hydrogens is 440 g/mol. The first kappa shape index (κ1) is 25.2. The van der Waals surface area contributed by atoms with Crippen LogP contribution >= 0.6 is 0 Å². The van der Waals surface area contributed by atoms with Gasteiger partial charge in [-0.3, -0.25) is 9.48 Å². The maximum Gasteiger partial charge on any atom is 0.243 e. The largest absolute Gasteiger partial charge is 0.494 e. The first-order chi connectivity index (χ1) is 15.6. The Balaban J connectivity index is 1.55. The lowest BCUT2D eigenvalue weighted by molar-refractivity contribution is -0.132. The molecule has 0 aliphatic carbocycles. The summed E-state index contributed by atoms with van der Waals surface area (Å²) >= 11 is 0. The monoisotopic (exact) mass is 476 g/mol. The van der Waals surface area contributed by atoms with Gasteiger partial charge in [0, 0.05) is 44.8 Å². The van der Waals surface area contributed by atoms with Crippen LogP contribution in [-0.4, -0.2) is 66.1 Å². The van der Waals surface area contributed by atoms with Crippen LogP contribution in [0, 0.1) is 19.8 Å². The summed E-state index contributed by atoms with van der Waals surface area (Å²) in [4.78, 5) is 14.8. The summed E-state index contributed by atoms with van der Waals surface area (Å²) in [5.41, 5.74) is 3.24. The zero-order chi connectivity index (χ0) is 24.2. The van der Waals surface area contributed by atoms with Gasteiger partial charge in [-0.1, -0.05) is 13.8 Å². The molecule has 0 bridgehead atoms. The quantitative estimate of drug-likeness (QED) is 0.555. The topological polar surface area (TPSA) is 84.7 Å². The van der Waals surface area contributed by atoms with Crippen LogP contribution in [0.5, 0.6) is 5.75 Å². The van der Waals surface area contributed by atoms with Crippen molar-refractivity contribution < 1.29 is 17.9 Å². The van der Waals surface area contributed by atoms with Crippen molar-refractivity contribution in [3.8, 4) is 5.75 Å². The fraction of sp³-hybridized carbons (Fsp3) is 0.583. The minimum atomic E-state index is -3.59. The summed E-state index contributed by atoms with van der Waals surface area (Å²) in [6.07, 6.45) is 1.06. The van der Waals surface area contributed by atoms with E-state index in [2.05, 4.69) is 25.9 Å². The van der Waals surface area contributed by atoms with E-state index < -0.39 is 10.0 Å². The number of carbonyl (C=O) groups excluding carboxylic acids is 1. The van der Waals surface area contributed by atoms with Gasteiger partial charge in [0.15, 0.2) is 0 Å². The molecule has 2 heterocycles. The molecule has 0 atom stereocenters. The van der Waals surface area contributed by atoms with Crippen molar-refractivity contribution >= 4 is 15.9 Å². The highest BCUT2D eigenvalue weighted by Gasteiger charge is 2.30. The lowest BCUT2D eigenvalue weighted by Gasteiger charge is -2.34. The van der Waals surface area contributed by atoms with Crippen molar-refractivity contribution in [2.45, 2.75) is 58.9 Å². The van der Waals surface area contributed by atoms with Crippen molar-refractivity contribution in [3.05, 3.63) is 41.2 Å². The minimum Gasteiger partial charge on any atom is -0.494 e. The van der Waals surface area contributed by atoms with Crippen LogP contribution < -0.4 is 4.74 Å². The van der Waals surface area contributed by atoms with Gasteiger partial charge in [-0.15, -0.1) is 0 Å². The van der Waals surface area contributed by atoms with Crippen LogP contribution in [0.2, 0.25) is 0 Å². The van der Waals surface area contributed by atoms with Gasteiger partial charge in [0.2, 0.25) is 15.9 Å². The van der Waals surface area contributed by atoms with Crippen LogP contribution in [-0.2, 0) is 27.8 Å². The van der Waals surface area contributed by atoms with E-state index >= 15 is 0 Å². The van der Waals surface area contributed by atoms with Crippen molar-refractivity contribution in [3.63, 3.8) is 0 Å². The zero-order valence-corrected chi connectivity index (χ0v) is 21.2. The Bertz CT molecular complexity index is 1050. The second kappa shape index (κ2) is 10.7. The van der Waals surface area contributed by atoms with Crippen molar-refractivity contribution in [1.29, 1.82) is 0 Å². The van der Waals surface area contributed by atoms with Crippen molar-refractivity contribution in [2.24, 2.45) is 5.92 Å². The summed E-state index contributed by atoms with van der Waals surface area (Å²) in [5.74, 6) is 1.21. The number of piperazine rings is 1. The Kier molecular flexibility index (Phi) is 8.18. The summed E-state index contributed by atoms with van der Waals surface area (Å²) < 4.78 is 34.8. The molecule has 0 saturated carbocycles. The molecule has 1 aromatic carbocycles. The molecule has 1 aromatic heterocycles. The van der Waals surface area contributed by atoms with Crippen molar-refractivity contribution in [1.82, 2.24) is 19.0 Å². The molecule has 1 amide bonds. The third-order valence-electron chi connectivity index (χ3n) is 6.02. The van der Waals surface area contributed by atoms with Crippen LogP contribution in [0.3, 0.4) is 0 Å².